The Bertz CT molecular complexity index is 724. The Kier molecular flexibility index (Phi) is 5.02. The lowest BCUT2D eigenvalue weighted by Crippen LogP contribution is -2.28. The van der Waals surface area contributed by atoms with E-state index < -0.39 is 5.91 Å². The summed E-state index contributed by atoms with van der Waals surface area (Å²) in [5.41, 5.74) is 3.10. The Balaban J connectivity index is 2.22. The van der Waals surface area contributed by atoms with Crippen LogP contribution in [0.15, 0.2) is 36.5 Å². The lowest BCUT2D eigenvalue weighted by molar-refractivity contribution is 0.0705. The molecule has 122 valence electrons. The quantitative estimate of drug-likeness (QED) is 0.577. The summed E-state index contributed by atoms with van der Waals surface area (Å²) in [6, 6.07) is 7.94. The Labute approximate surface area is 133 Å². The van der Waals surface area contributed by atoms with Crippen molar-refractivity contribution in [2.24, 2.45) is 7.05 Å². The van der Waals surface area contributed by atoms with E-state index in [4.69, 9.17) is 9.94 Å². The number of hydrogen-bond donors (Lipinski definition) is 3. The van der Waals surface area contributed by atoms with Gasteiger partial charge in [-0.2, -0.15) is 0 Å². The smallest absolute Gasteiger partial charge is 0.274 e. The minimum atomic E-state index is -0.629. The lowest BCUT2D eigenvalue weighted by Gasteiger charge is -2.18. The summed E-state index contributed by atoms with van der Waals surface area (Å²) >= 11 is 0. The van der Waals surface area contributed by atoms with Crippen LogP contribution in [0.1, 0.15) is 39.4 Å². The second-order valence-electron chi connectivity index (χ2n) is 5.10. The SMILES string of the molecule is COc1cc(C(=O)NO)ccc1C(C)NC(=O)c1cccn1C. The summed E-state index contributed by atoms with van der Waals surface area (Å²) in [6.07, 6.45) is 1.79. The van der Waals surface area contributed by atoms with Crippen molar-refractivity contribution >= 4 is 11.8 Å². The fourth-order valence-corrected chi connectivity index (χ4v) is 2.32. The lowest BCUT2D eigenvalue weighted by atomic mass is 10.0. The zero-order chi connectivity index (χ0) is 17.0. The van der Waals surface area contributed by atoms with Crippen molar-refractivity contribution < 1.29 is 19.5 Å². The molecule has 0 aliphatic carbocycles. The maximum absolute atomic E-state index is 12.3. The number of aryl methyl sites for hydroxylation is 1. The number of carbonyl (C=O) groups excluding carboxylic acids is 2. The topological polar surface area (TPSA) is 92.6 Å². The average Bonchev–Trinajstić information content (AvgIpc) is 2.99. The molecule has 0 saturated carbocycles. The van der Waals surface area contributed by atoms with Crippen LogP contribution in [0.25, 0.3) is 0 Å². The number of rotatable bonds is 5. The molecule has 0 saturated heterocycles. The Morgan fingerprint density at radius 1 is 1.26 bits per heavy atom. The van der Waals surface area contributed by atoms with Crippen molar-refractivity contribution in [3.05, 3.63) is 53.3 Å². The highest BCUT2D eigenvalue weighted by atomic mass is 16.5. The molecule has 2 amide bonds. The molecule has 0 fully saturated rings. The first-order valence-corrected chi connectivity index (χ1v) is 7.02. The first kappa shape index (κ1) is 16.6. The molecular weight excluding hydrogens is 298 g/mol. The van der Waals surface area contributed by atoms with Gasteiger partial charge in [0.05, 0.1) is 13.2 Å². The van der Waals surface area contributed by atoms with Crippen LogP contribution in [0, 0.1) is 0 Å². The minimum Gasteiger partial charge on any atom is -0.496 e. The Morgan fingerprint density at radius 3 is 2.57 bits per heavy atom. The van der Waals surface area contributed by atoms with Gasteiger partial charge in [0.1, 0.15) is 11.4 Å². The second kappa shape index (κ2) is 6.97. The fourth-order valence-electron chi connectivity index (χ4n) is 2.32. The number of methoxy groups -OCH3 is 1. The first-order valence-electron chi connectivity index (χ1n) is 7.02. The summed E-state index contributed by atoms with van der Waals surface area (Å²) in [5.74, 6) is -0.384. The number of nitrogens with zero attached hydrogens (tertiary/aromatic N) is 1. The highest BCUT2D eigenvalue weighted by molar-refractivity contribution is 5.94. The zero-order valence-electron chi connectivity index (χ0n) is 13.2. The van der Waals surface area contributed by atoms with E-state index in [1.807, 2.05) is 6.92 Å². The third-order valence-electron chi connectivity index (χ3n) is 3.59. The van der Waals surface area contributed by atoms with E-state index in [0.717, 1.165) is 5.56 Å². The molecule has 1 aromatic heterocycles. The molecule has 1 unspecified atom stereocenters. The van der Waals surface area contributed by atoms with E-state index in [9.17, 15) is 9.59 Å². The molecule has 2 rings (SSSR count). The van der Waals surface area contributed by atoms with Crippen molar-refractivity contribution in [2.75, 3.05) is 7.11 Å². The number of hydroxylamine groups is 1. The van der Waals surface area contributed by atoms with Crippen LogP contribution in [-0.4, -0.2) is 28.7 Å². The van der Waals surface area contributed by atoms with Crippen LogP contribution in [0.3, 0.4) is 0 Å². The molecule has 7 heteroatoms. The highest BCUT2D eigenvalue weighted by Gasteiger charge is 2.18. The second-order valence-corrected chi connectivity index (χ2v) is 5.10. The normalized spacial score (nSPS) is 11.7. The molecular formula is C16H19N3O4. The van der Waals surface area contributed by atoms with Gasteiger partial charge < -0.3 is 14.6 Å². The fraction of sp³-hybridized carbons (Fsp3) is 0.250. The maximum atomic E-state index is 12.3. The molecule has 1 atom stereocenters. The largest absolute Gasteiger partial charge is 0.496 e. The maximum Gasteiger partial charge on any atom is 0.274 e. The molecule has 7 nitrogen and oxygen atoms in total. The predicted molar refractivity (Wildman–Crippen MR) is 83.5 cm³/mol. The molecule has 23 heavy (non-hydrogen) atoms. The van der Waals surface area contributed by atoms with Crippen molar-refractivity contribution in [3.63, 3.8) is 0 Å². The number of amides is 2. The Morgan fingerprint density at radius 2 is 2.00 bits per heavy atom. The number of aromatic nitrogens is 1. The van der Waals surface area contributed by atoms with E-state index in [-0.39, 0.29) is 17.5 Å². The first-order chi connectivity index (χ1) is 11.0. The van der Waals surface area contributed by atoms with Gasteiger partial charge in [0.25, 0.3) is 11.8 Å². The van der Waals surface area contributed by atoms with Crippen LogP contribution in [0.2, 0.25) is 0 Å². The van der Waals surface area contributed by atoms with E-state index in [1.165, 1.54) is 13.2 Å². The third kappa shape index (κ3) is 3.51. The van der Waals surface area contributed by atoms with E-state index in [2.05, 4.69) is 5.32 Å². The summed E-state index contributed by atoms with van der Waals surface area (Å²) < 4.78 is 7.01. The monoisotopic (exact) mass is 317 g/mol. The molecule has 0 spiro atoms. The van der Waals surface area contributed by atoms with Gasteiger partial charge >= 0.3 is 0 Å². The van der Waals surface area contributed by atoms with Crippen LogP contribution >= 0.6 is 0 Å². The Hall–Kier alpha value is -2.80. The molecule has 0 aliphatic rings. The third-order valence-corrected chi connectivity index (χ3v) is 3.59. The number of benzene rings is 1. The number of ether oxygens (including phenoxy) is 1. The van der Waals surface area contributed by atoms with Gasteiger partial charge in [0.2, 0.25) is 0 Å². The van der Waals surface area contributed by atoms with Crippen LogP contribution in [0.4, 0.5) is 0 Å². The predicted octanol–water partition coefficient (Wildman–Crippen LogP) is 1.64. The van der Waals surface area contributed by atoms with Crippen molar-refractivity contribution in [1.82, 2.24) is 15.4 Å². The van der Waals surface area contributed by atoms with Crippen molar-refractivity contribution in [2.45, 2.75) is 13.0 Å². The van der Waals surface area contributed by atoms with E-state index in [1.54, 1.807) is 47.6 Å². The molecule has 1 heterocycles. The van der Waals surface area contributed by atoms with Gasteiger partial charge in [0.15, 0.2) is 0 Å². The highest BCUT2D eigenvalue weighted by Crippen LogP contribution is 2.26. The number of hydrogen-bond acceptors (Lipinski definition) is 4. The van der Waals surface area contributed by atoms with Gasteiger partial charge in [-0.1, -0.05) is 6.07 Å². The summed E-state index contributed by atoms with van der Waals surface area (Å²) in [7, 11) is 3.27. The van der Waals surface area contributed by atoms with E-state index >= 15 is 0 Å². The minimum absolute atomic E-state index is 0.204. The van der Waals surface area contributed by atoms with Crippen molar-refractivity contribution in [3.8, 4) is 5.75 Å². The summed E-state index contributed by atoms with van der Waals surface area (Å²) in [5, 5.41) is 11.6. The molecule has 2 aromatic rings. The molecule has 0 bridgehead atoms. The van der Waals surface area contributed by atoms with E-state index in [0.29, 0.717) is 11.4 Å². The molecule has 1 aromatic carbocycles. The summed E-state index contributed by atoms with van der Waals surface area (Å²) in [4.78, 5) is 23.7. The molecule has 0 radical (unpaired) electrons. The molecule has 0 aliphatic heterocycles. The number of carbonyl (C=O) groups is 2. The van der Waals surface area contributed by atoms with Gasteiger partial charge in [-0.15, -0.1) is 0 Å². The van der Waals surface area contributed by atoms with Gasteiger partial charge in [-0.25, -0.2) is 5.48 Å². The van der Waals surface area contributed by atoms with Gasteiger partial charge in [-0.3, -0.25) is 14.8 Å². The summed E-state index contributed by atoms with van der Waals surface area (Å²) in [6.45, 7) is 1.82. The standard InChI is InChI=1S/C16H19N3O4/c1-10(17-16(21)13-5-4-8-19(13)2)12-7-6-11(15(20)18-22)9-14(12)23-3/h4-10,22H,1-3H3,(H,17,21)(H,18,20). The molecule has 3 N–H and O–H groups in total. The average molecular weight is 317 g/mol. The van der Waals surface area contributed by atoms with Gasteiger partial charge in [-0.05, 0) is 31.2 Å². The van der Waals surface area contributed by atoms with Crippen LogP contribution in [0.5, 0.6) is 5.75 Å². The van der Waals surface area contributed by atoms with Crippen molar-refractivity contribution in [1.29, 1.82) is 0 Å². The zero-order valence-corrected chi connectivity index (χ0v) is 13.2. The van der Waals surface area contributed by atoms with Gasteiger partial charge in [0, 0.05) is 24.4 Å². The number of nitrogens with one attached hydrogen (secondary N) is 2. The van der Waals surface area contributed by atoms with Crippen LogP contribution < -0.4 is 15.5 Å². The van der Waals surface area contributed by atoms with Crippen LogP contribution in [-0.2, 0) is 7.05 Å².